The Bertz CT molecular complexity index is 874. The Hall–Kier alpha value is -1.04. The van der Waals surface area contributed by atoms with Gasteiger partial charge in [0.1, 0.15) is 0 Å². The molecule has 3 nitrogen and oxygen atoms in total. The second-order valence-electron chi connectivity index (χ2n) is 5.12. The lowest BCUT2D eigenvalue weighted by Gasteiger charge is -2.08. The number of hydrogen-bond acceptors (Lipinski definition) is 2. The van der Waals surface area contributed by atoms with Crippen LogP contribution in [0.1, 0.15) is 21.4 Å². The number of aryl methyl sites for hydroxylation is 3. The van der Waals surface area contributed by atoms with Crippen LogP contribution in [-0.4, -0.2) is 9.13 Å². The molecule has 0 bridgehead atoms. The van der Waals surface area contributed by atoms with E-state index in [9.17, 15) is 4.79 Å². The molecule has 0 saturated carbocycles. The second-order valence-corrected chi connectivity index (χ2v) is 7.95. The van der Waals surface area contributed by atoms with Gasteiger partial charge in [-0.3, -0.25) is 9.13 Å². The van der Waals surface area contributed by atoms with Gasteiger partial charge in [0.05, 0.1) is 20.2 Å². The van der Waals surface area contributed by atoms with E-state index in [4.69, 9.17) is 11.6 Å². The maximum Gasteiger partial charge on any atom is 0.328 e. The maximum absolute atomic E-state index is 12.0. The molecular weight excluding hydrogens is 372 g/mol. The zero-order valence-electron chi connectivity index (χ0n) is 11.9. The lowest BCUT2D eigenvalue weighted by atomic mass is 10.1. The van der Waals surface area contributed by atoms with Gasteiger partial charge in [-0.05, 0) is 52.2 Å². The summed E-state index contributed by atoms with van der Waals surface area (Å²) in [5.41, 5.74) is 3.98. The van der Waals surface area contributed by atoms with Crippen molar-refractivity contribution in [1.82, 2.24) is 9.13 Å². The minimum absolute atomic E-state index is 0.0250. The van der Waals surface area contributed by atoms with Gasteiger partial charge in [0.25, 0.3) is 0 Å². The number of nitrogens with zero attached hydrogens (tertiary/aromatic N) is 2. The lowest BCUT2D eigenvalue weighted by molar-refractivity contribution is 0.795. The zero-order valence-corrected chi connectivity index (χ0v) is 15.0. The third-order valence-electron chi connectivity index (χ3n) is 3.71. The average molecular weight is 386 g/mol. The molecule has 2 heterocycles. The van der Waals surface area contributed by atoms with E-state index in [2.05, 4.69) is 28.9 Å². The van der Waals surface area contributed by atoms with E-state index in [1.54, 1.807) is 34.6 Å². The molecule has 1 atom stereocenters. The monoisotopic (exact) mass is 384 g/mol. The molecule has 0 aliphatic rings. The quantitative estimate of drug-likeness (QED) is 0.603. The fourth-order valence-corrected chi connectivity index (χ4v) is 4.36. The molecule has 0 radical (unpaired) electrons. The molecule has 0 saturated heterocycles. The molecule has 3 aromatic rings. The van der Waals surface area contributed by atoms with Crippen molar-refractivity contribution < 1.29 is 0 Å². The predicted molar refractivity (Wildman–Crippen MR) is 92.6 cm³/mol. The molecule has 3 rings (SSSR count). The largest absolute Gasteiger partial charge is 0.328 e. The average Bonchev–Trinajstić information content (AvgIpc) is 2.92. The van der Waals surface area contributed by atoms with Crippen LogP contribution in [0.15, 0.2) is 32.8 Å². The highest BCUT2D eigenvalue weighted by atomic mass is 79.9. The van der Waals surface area contributed by atoms with E-state index in [0.717, 1.165) is 25.3 Å². The molecule has 0 aliphatic carbocycles. The molecule has 1 aromatic carbocycles. The van der Waals surface area contributed by atoms with Gasteiger partial charge in [0.15, 0.2) is 0 Å². The number of rotatable bonds is 2. The van der Waals surface area contributed by atoms with E-state index in [0.29, 0.717) is 0 Å². The Morgan fingerprint density at radius 2 is 1.86 bits per heavy atom. The Balaban J connectivity index is 2.12. The first kappa shape index (κ1) is 14.9. The number of benzene rings is 1. The minimum Gasteiger partial charge on any atom is -0.295 e. The van der Waals surface area contributed by atoms with Crippen LogP contribution in [0.3, 0.4) is 0 Å². The van der Waals surface area contributed by atoms with Gasteiger partial charge in [-0.15, -0.1) is 22.9 Å². The molecule has 6 heteroatoms. The summed E-state index contributed by atoms with van der Waals surface area (Å²) in [7, 11) is 3.56. The van der Waals surface area contributed by atoms with Gasteiger partial charge in [-0.2, -0.15) is 0 Å². The van der Waals surface area contributed by atoms with Gasteiger partial charge in [-0.25, -0.2) is 4.79 Å². The summed E-state index contributed by atoms with van der Waals surface area (Å²) in [5, 5.41) is -0.209. The van der Waals surface area contributed by atoms with Crippen LogP contribution in [0.25, 0.3) is 11.0 Å². The molecule has 0 aliphatic heterocycles. The van der Waals surface area contributed by atoms with Crippen LogP contribution in [0.5, 0.6) is 0 Å². The lowest BCUT2D eigenvalue weighted by Crippen LogP contribution is -2.19. The van der Waals surface area contributed by atoms with Crippen molar-refractivity contribution in [2.45, 2.75) is 12.3 Å². The third-order valence-corrected chi connectivity index (χ3v) is 6.53. The van der Waals surface area contributed by atoms with Crippen LogP contribution >= 0.6 is 38.9 Å². The Labute approximate surface area is 139 Å². The molecule has 0 N–H and O–H groups in total. The van der Waals surface area contributed by atoms with Crippen molar-refractivity contribution >= 4 is 49.9 Å². The molecule has 0 spiro atoms. The van der Waals surface area contributed by atoms with Crippen molar-refractivity contribution in [1.29, 1.82) is 0 Å². The standard InChI is InChI=1S/C15H14BrClN2OS/c1-8-6-12(21-14(8)16)13(17)9-4-5-10-11(7-9)19(3)15(20)18(10)2/h4-7,13H,1-3H3. The fraction of sp³-hybridized carbons (Fsp3) is 0.267. The number of aromatic nitrogens is 2. The first-order valence-electron chi connectivity index (χ1n) is 6.45. The molecule has 1 unspecified atom stereocenters. The van der Waals surface area contributed by atoms with E-state index >= 15 is 0 Å². The second kappa shape index (κ2) is 5.30. The number of halogens is 2. The summed E-state index contributed by atoms with van der Waals surface area (Å²) in [4.78, 5) is 13.1. The summed E-state index contributed by atoms with van der Waals surface area (Å²) in [6.07, 6.45) is 0. The van der Waals surface area contributed by atoms with Crippen molar-refractivity contribution in [2.24, 2.45) is 14.1 Å². The molecule has 21 heavy (non-hydrogen) atoms. The van der Waals surface area contributed by atoms with Crippen LogP contribution < -0.4 is 5.69 Å². The Morgan fingerprint density at radius 1 is 1.19 bits per heavy atom. The van der Waals surface area contributed by atoms with Gasteiger partial charge >= 0.3 is 5.69 Å². The summed E-state index contributed by atoms with van der Waals surface area (Å²) >= 11 is 11.8. The van der Waals surface area contributed by atoms with Gasteiger partial charge in [-0.1, -0.05) is 6.07 Å². The first-order valence-corrected chi connectivity index (χ1v) is 8.50. The fourth-order valence-electron chi connectivity index (χ4n) is 2.45. The summed E-state index contributed by atoms with van der Waals surface area (Å²) in [5.74, 6) is 0. The number of imidazole rings is 1. The number of thiophene rings is 1. The van der Waals surface area contributed by atoms with Crippen molar-refractivity contribution in [2.75, 3.05) is 0 Å². The molecule has 110 valence electrons. The van der Waals surface area contributed by atoms with Crippen LogP contribution in [0.4, 0.5) is 0 Å². The summed E-state index contributed by atoms with van der Waals surface area (Å²) < 4.78 is 4.41. The van der Waals surface area contributed by atoms with E-state index in [-0.39, 0.29) is 11.1 Å². The Morgan fingerprint density at radius 3 is 2.48 bits per heavy atom. The summed E-state index contributed by atoms with van der Waals surface area (Å²) in [6.45, 7) is 2.05. The van der Waals surface area contributed by atoms with Crippen LogP contribution in [0, 0.1) is 6.92 Å². The molecule has 2 aromatic heterocycles. The van der Waals surface area contributed by atoms with E-state index in [1.807, 2.05) is 18.2 Å². The first-order chi connectivity index (χ1) is 9.90. The maximum atomic E-state index is 12.0. The van der Waals surface area contributed by atoms with Crippen molar-refractivity contribution in [3.63, 3.8) is 0 Å². The highest BCUT2D eigenvalue weighted by Gasteiger charge is 2.17. The van der Waals surface area contributed by atoms with Crippen LogP contribution in [-0.2, 0) is 14.1 Å². The molecule has 0 fully saturated rings. The van der Waals surface area contributed by atoms with Crippen molar-refractivity contribution in [3.8, 4) is 0 Å². The number of hydrogen-bond donors (Lipinski definition) is 0. The zero-order chi connectivity index (χ0) is 15.3. The number of alkyl halides is 1. The molecule has 0 amide bonds. The van der Waals surface area contributed by atoms with Crippen molar-refractivity contribution in [3.05, 3.63) is 54.5 Å². The van der Waals surface area contributed by atoms with Crippen LogP contribution in [0.2, 0.25) is 0 Å². The topological polar surface area (TPSA) is 26.9 Å². The SMILES string of the molecule is Cc1cc(C(Cl)c2ccc3c(c2)n(C)c(=O)n3C)sc1Br. The van der Waals surface area contributed by atoms with Gasteiger partial charge in [0, 0.05) is 19.0 Å². The van der Waals surface area contributed by atoms with Gasteiger partial charge < -0.3 is 0 Å². The smallest absolute Gasteiger partial charge is 0.295 e. The summed E-state index contributed by atoms with van der Waals surface area (Å²) in [6, 6.07) is 8.04. The highest BCUT2D eigenvalue weighted by molar-refractivity contribution is 9.11. The Kier molecular flexibility index (Phi) is 3.76. The van der Waals surface area contributed by atoms with E-state index in [1.165, 1.54) is 5.56 Å². The predicted octanol–water partition coefficient (Wildman–Crippen LogP) is 4.34. The van der Waals surface area contributed by atoms with Gasteiger partial charge in [0.2, 0.25) is 0 Å². The highest BCUT2D eigenvalue weighted by Crippen LogP contribution is 2.38. The van der Waals surface area contributed by atoms with E-state index < -0.39 is 0 Å². The minimum atomic E-state index is -0.209. The molecular formula is C15H14BrClN2OS. The third kappa shape index (κ3) is 2.37. The normalized spacial score (nSPS) is 13.0. The number of fused-ring (bicyclic) bond motifs is 1.